The van der Waals surface area contributed by atoms with Crippen molar-refractivity contribution in [2.75, 3.05) is 32.8 Å². The van der Waals surface area contributed by atoms with E-state index in [-0.39, 0.29) is 0 Å². The summed E-state index contributed by atoms with van der Waals surface area (Å²) in [5.74, 6) is 0.808. The molecule has 0 spiro atoms. The van der Waals surface area contributed by atoms with Crippen LogP contribution in [-0.4, -0.2) is 45.6 Å². The summed E-state index contributed by atoms with van der Waals surface area (Å²) in [5, 5.41) is 0. The third kappa shape index (κ3) is 3.64. The van der Waals surface area contributed by atoms with Crippen LogP contribution in [0, 0.1) is 11.8 Å². The molecule has 2 saturated heterocycles. The van der Waals surface area contributed by atoms with Crippen molar-refractivity contribution in [2.24, 2.45) is 11.8 Å². The number of ether oxygens (including phenoxy) is 1. The van der Waals surface area contributed by atoms with Crippen LogP contribution in [0.1, 0.15) is 26.2 Å². The Bertz CT molecular complexity index is 339. The van der Waals surface area contributed by atoms with Crippen LogP contribution < -0.4 is 4.72 Å². The fraction of sp³-hybridized carbons (Fsp3) is 1.00. The molecule has 2 aliphatic heterocycles. The Morgan fingerprint density at radius 2 is 2.24 bits per heavy atom. The SMILES string of the molecule is C[C@H]1CCCN(S(=O)(=O)NC[C@@H]2CCOC2)C1. The van der Waals surface area contributed by atoms with Gasteiger partial charge in [-0.1, -0.05) is 6.92 Å². The lowest BCUT2D eigenvalue weighted by atomic mass is 10.0. The molecule has 2 heterocycles. The number of hydrogen-bond acceptors (Lipinski definition) is 3. The lowest BCUT2D eigenvalue weighted by Crippen LogP contribution is -2.46. The van der Waals surface area contributed by atoms with Gasteiger partial charge in [-0.3, -0.25) is 0 Å². The lowest BCUT2D eigenvalue weighted by molar-refractivity contribution is 0.186. The van der Waals surface area contributed by atoms with Gasteiger partial charge in [-0.2, -0.15) is 12.7 Å². The predicted molar refractivity (Wildman–Crippen MR) is 65.8 cm³/mol. The first-order valence-electron chi connectivity index (χ1n) is 6.40. The fourth-order valence-corrected chi connectivity index (χ4v) is 3.87. The smallest absolute Gasteiger partial charge is 0.279 e. The molecular formula is C11H22N2O3S. The van der Waals surface area contributed by atoms with E-state index in [0.29, 0.717) is 38.1 Å². The van der Waals surface area contributed by atoms with Crippen LogP contribution >= 0.6 is 0 Å². The standard InChI is InChI=1S/C11H22N2O3S/c1-10-3-2-5-13(8-10)17(14,15)12-7-11-4-6-16-9-11/h10-12H,2-9H2,1H3/t10-,11-/m0/s1. The number of nitrogens with zero attached hydrogens (tertiary/aromatic N) is 1. The van der Waals surface area contributed by atoms with Crippen LogP contribution in [0.5, 0.6) is 0 Å². The molecule has 2 atom stereocenters. The molecule has 0 radical (unpaired) electrons. The quantitative estimate of drug-likeness (QED) is 0.806. The van der Waals surface area contributed by atoms with E-state index in [2.05, 4.69) is 11.6 Å². The number of rotatable bonds is 4. The normalized spacial score (nSPS) is 31.8. The highest BCUT2D eigenvalue weighted by Gasteiger charge is 2.27. The van der Waals surface area contributed by atoms with Crippen LogP contribution in [0.25, 0.3) is 0 Å². The van der Waals surface area contributed by atoms with E-state index in [1.54, 1.807) is 4.31 Å². The summed E-state index contributed by atoms with van der Waals surface area (Å²) < 4.78 is 33.6. The van der Waals surface area contributed by atoms with Crippen molar-refractivity contribution in [1.82, 2.24) is 9.03 Å². The number of nitrogens with one attached hydrogen (secondary N) is 1. The van der Waals surface area contributed by atoms with E-state index >= 15 is 0 Å². The summed E-state index contributed by atoms with van der Waals surface area (Å²) >= 11 is 0. The average Bonchev–Trinajstić information content (AvgIpc) is 2.79. The van der Waals surface area contributed by atoms with Gasteiger partial charge in [0.2, 0.25) is 0 Å². The van der Waals surface area contributed by atoms with Gasteiger partial charge in [-0.25, -0.2) is 4.72 Å². The van der Waals surface area contributed by atoms with Crippen molar-refractivity contribution in [3.63, 3.8) is 0 Å². The van der Waals surface area contributed by atoms with Gasteiger partial charge in [0.05, 0.1) is 6.61 Å². The van der Waals surface area contributed by atoms with Gasteiger partial charge < -0.3 is 4.74 Å². The van der Waals surface area contributed by atoms with Crippen molar-refractivity contribution in [3.8, 4) is 0 Å². The van der Waals surface area contributed by atoms with Gasteiger partial charge in [-0.05, 0) is 31.1 Å². The van der Waals surface area contributed by atoms with Crippen molar-refractivity contribution in [2.45, 2.75) is 26.2 Å². The zero-order valence-corrected chi connectivity index (χ0v) is 11.2. The molecule has 0 amide bonds. The predicted octanol–water partition coefficient (Wildman–Crippen LogP) is 0.589. The summed E-state index contributed by atoms with van der Waals surface area (Å²) in [7, 11) is -3.28. The Labute approximate surface area is 104 Å². The van der Waals surface area contributed by atoms with E-state index < -0.39 is 10.2 Å². The fourth-order valence-electron chi connectivity index (χ4n) is 2.42. The molecule has 0 bridgehead atoms. The maximum absolute atomic E-state index is 12.1. The molecular weight excluding hydrogens is 240 g/mol. The second-order valence-electron chi connectivity index (χ2n) is 5.19. The Hall–Kier alpha value is -0.170. The second-order valence-corrected chi connectivity index (χ2v) is 6.94. The minimum absolute atomic E-state index is 0.340. The van der Waals surface area contributed by atoms with E-state index in [1.165, 1.54) is 0 Å². The summed E-state index contributed by atoms with van der Waals surface area (Å²) in [5.41, 5.74) is 0. The second kappa shape index (κ2) is 5.65. The molecule has 2 rings (SSSR count). The summed E-state index contributed by atoms with van der Waals surface area (Å²) in [6, 6.07) is 0. The largest absolute Gasteiger partial charge is 0.381 e. The highest BCUT2D eigenvalue weighted by atomic mass is 32.2. The molecule has 2 aliphatic rings. The molecule has 0 unspecified atom stereocenters. The summed E-state index contributed by atoms with van der Waals surface area (Å²) in [6.45, 7) is 5.35. The van der Waals surface area contributed by atoms with Crippen molar-refractivity contribution in [1.29, 1.82) is 0 Å². The monoisotopic (exact) mass is 262 g/mol. The van der Waals surface area contributed by atoms with Crippen molar-refractivity contribution in [3.05, 3.63) is 0 Å². The van der Waals surface area contributed by atoms with Gasteiger partial charge in [0, 0.05) is 26.2 Å². The molecule has 2 fully saturated rings. The molecule has 0 aromatic heterocycles. The van der Waals surface area contributed by atoms with E-state index in [1.807, 2.05) is 0 Å². The van der Waals surface area contributed by atoms with Gasteiger partial charge in [-0.15, -0.1) is 0 Å². The molecule has 17 heavy (non-hydrogen) atoms. The average molecular weight is 262 g/mol. The topological polar surface area (TPSA) is 58.6 Å². The maximum Gasteiger partial charge on any atom is 0.279 e. The summed E-state index contributed by atoms with van der Waals surface area (Å²) in [4.78, 5) is 0. The molecule has 1 N–H and O–H groups in total. The first-order valence-corrected chi connectivity index (χ1v) is 7.84. The highest BCUT2D eigenvalue weighted by molar-refractivity contribution is 7.87. The Morgan fingerprint density at radius 3 is 2.88 bits per heavy atom. The zero-order valence-electron chi connectivity index (χ0n) is 10.4. The van der Waals surface area contributed by atoms with Crippen LogP contribution in [0.2, 0.25) is 0 Å². The van der Waals surface area contributed by atoms with Gasteiger partial charge in [0.1, 0.15) is 0 Å². The van der Waals surface area contributed by atoms with Crippen LogP contribution in [0.15, 0.2) is 0 Å². The highest BCUT2D eigenvalue weighted by Crippen LogP contribution is 2.18. The third-order valence-corrected chi connectivity index (χ3v) is 5.08. The maximum atomic E-state index is 12.1. The van der Waals surface area contributed by atoms with Crippen molar-refractivity contribution >= 4 is 10.2 Å². The molecule has 0 aromatic rings. The molecule has 5 nitrogen and oxygen atoms in total. The number of piperidine rings is 1. The van der Waals surface area contributed by atoms with Gasteiger partial charge >= 0.3 is 0 Å². The van der Waals surface area contributed by atoms with Gasteiger partial charge in [0.15, 0.2) is 0 Å². The third-order valence-electron chi connectivity index (χ3n) is 3.54. The van der Waals surface area contributed by atoms with Crippen LogP contribution in [-0.2, 0) is 14.9 Å². The molecule has 6 heteroatoms. The van der Waals surface area contributed by atoms with Crippen LogP contribution in [0.3, 0.4) is 0 Å². The molecule has 0 aliphatic carbocycles. The minimum Gasteiger partial charge on any atom is -0.381 e. The molecule has 0 saturated carbocycles. The van der Waals surface area contributed by atoms with Crippen molar-refractivity contribution < 1.29 is 13.2 Å². The van der Waals surface area contributed by atoms with E-state index in [9.17, 15) is 8.42 Å². The minimum atomic E-state index is -3.28. The lowest BCUT2D eigenvalue weighted by Gasteiger charge is -2.30. The number of hydrogen-bond donors (Lipinski definition) is 1. The Kier molecular flexibility index (Phi) is 4.41. The van der Waals surface area contributed by atoms with Crippen LogP contribution in [0.4, 0.5) is 0 Å². The molecule has 100 valence electrons. The Balaban J connectivity index is 1.84. The summed E-state index contributed by atoms with van der Waals surface area (Å²) in [6.07, 6.45) is 3.05. The Morgan fingerprint density at radius 1 is 1.41 bits per heavy atom. The van der Waals surface area contributed by atoms with Gasteiger partial charge in [0.25, 0.3) is 10.2 Å². The first kappa shape index (κ1) is 13.3. The zero-order chi connectivity index (χ0) is 12.3. The van der Waals surface area contributed by atoms with E-state index in [4.69, 9.17) is 4.74 Å². The molecule has 0 aromatic carbocycles. The first-order chi connectivity index (χ1) is 8.08. The van der Waals surface area contributed by atoms with E-state index in [0.717, 1.165) is 25.9 Å².